The van der Waals surface area contributed by atoms with Gasteiger partial charge in [0.2, 0.25) is 6.41 Å². The zero-order valence-corrected chi connectivity index (χ0v) is 13.0. The molecule has 8 heteroatoms. The first-order valence-corrected chi connectivity index (χ1v) is 7.80. The van der Waals surface area contributed by atoms with Gasteiger partial charge in [0, 0.05) is 45.3 Å². The fraction of sp³-hybridized carbons (Fsp3) is 0.786. The highest BCUT2D eigenvalue weighted by Gasteiger charge is 2.27. The number of likely N-dealkylation sites (tertiary alicyclic amines) is 1. The third-order valence-electron chi connectivity index (χ3n) is 4.10. The Morgan fingerprint density at radius 2 is 1.73 bits per heavy atom. The first-order chi connectivity index (χ1) is 10.6. The Kier molecular flexibility index (Phi) is 5.85. The first kappa shape index (κ1) is 16.4. The molecular weight excluding hydrogens is 288 g/mol. The van der Waals surface area contributed by atoms with Crippen LogP contribution < -0.4 is 5.32 Å². The van der Waals surface area contributed by atoms with Crippen molar-refractivity contribution < 1.29 is 19.1 Å². The van der Waals surface area contributed by atoms with E-state index in [1.54, 1.807) is 21.6 Å². The molecule has 2 aliphatic rings. The van der Waals surface area contributed by atoms with Crippen LogP contribution in [0, 0.1) is 0 Å². The van der Waals surface area contributed by atoms with E-state index in [0.29, 0.717) is 45.9 Å². The molecule has 2 saturated heterocycles. The van der Waals surface area contributed by atoms with Crippen molar-refractivity contribution in [3.05, 3.63) is 0 Å². The lowest BCUT2D eigenvalue weighted by Gasteiger charge is -2.35. The summed E-state index contributed by atoms with van der Waals surface area (Å²) in [5.41, 5.74) is 0. The summed E-state index contributed by atoms with van der Waals surface area (Å²) in [5.74, 6) is 0. The van der Waals surface area contributed by atoms with Crippen molar-refractivity contribution in [2.45, 2.75) is 25.8 Å². The fourth-order valence-corrected chi connectivity index (χ4v) is 2.72. The van der Waals surface area contributed by atoms with E-state index in [0.717, 1.165) is 19.3 Å². The summed E-state index contributed by atoms with van der Waals surface area (Å²) in [4.78, 5) is 39.5. The number of piperidine rings is 1. The molecule has 0 unspecified atom stereocenters. The number of hydrogen-bond donors (Lipinski definition) is 1. The zero-order valence-electron chi connectivity index (χ0n) is 13.0. The molecule has 2 rings (SSSR count). The molecule has 22 heavy (non-hydrogen) atoms. The number of urea groups is 1. The number of ether oxygens (including phenoxy) is 1. The number of carbonyl (C=O) groups is 3. The molecule has 1 N–H and O–H groups in total. The molecule has 0 aromatic carbocycles. The molecule has 0 saturated carbocycles. The van der Waals surface area contributed by atoms with Crippen molar-refractivity contribution in [3.63, 3.8) is 0 Å². The van der Waals surface area contributed by atoms with Crippen LogP contribution in [0.15, 0.2) is 0 Å². The monoisotopic (exact) mass is 312 g/mol. The van der Waals surface area contributed by atoms with Gasteiger partial charge >= 0.3 is 12.1 Å². The van der Waals surface area contributed by atoms with Crippen LogP contribution in [0.25, 0.3) is 0 Å². The Hall–Kier alpha value is -1.99. The van der Waals surface area contributed by atoms with Crippen molar-refractivity contribution >= 4 is 18.5 Å². The maximum atomic E-state index is 12.2. The summed E-state index contributed by atoms with van der Waals surface area (Å²) in [6.07, 6.45) is 2.01. The Balaban J connectivity index is 1.70. The summed E-state index contributed by atoms with van der Waals surface area (Å²) < 4.78 is 4.97. The van der Waals surface area contributed by atoms with Gasteiger partial charge < -0.3 is 24.8 Å². The third kappa shape index (κ3) is 4.25. The van der Waals surface area contributed by atoms with Crippen LogP contribution in [-0.4, -0.2) is 85.2 Å². The predicted octanol–water partition coefficient (Wildman–Crippen LogP) is 0.0909. The fourth-order valence-electron chi connectivity index (χ4n) is 2.72. The molecule has 0 aromatic rings. The second-order valence-corrected chi connectivity index (χ2v) is 5.54. The van der Waals surface area contributed by atoms with Gasteiger partial charge in [-0.3, -0.25) is 4.79 Å². The number of nitrogens with one attached hydrogen (secondary N) is 1. The Labute approximate surface area is 130 Å². The highest BCUT2D eigenvalue weighted by atomic mass is 16.6. The van der Waals surface area contributed by atoms with Gasteiger partial charge in [0.05, 0.1) is 6.61 Å². The second-order valence-electron chi connectivity index (χ2n) is 5.54. The van der Waals surface area contributed by atoms with E-state index in [-0.39, 0.29) is 18.2 Å². The van der Waals surface area contributed by atoms with Gasteiger partial charge in [0.25, 0.3) is 0 Å². The molecular formula is C14H24N4O4. The number of piperazine rings is 1. The molecule has 8 nitrogen and oxygen atoms in total. The lowest BCUT2D eigenvalue weighted by molar-refractivity contribution is -0.119. The molecule has 124 valence electrons. The Morgan fingerprint density at radius 1 is 1.09 bits per heavy atom. The van der Waals surface area contributed by atoms with Gasteiger partial charge in [-0.25, -0.2) is 9.59 Å². The molecule has 2 heterocycles. The van der Waals surface area contributed by atoms with Crippen LogP contribution in [0.1, 0.15) is 19.8 Å². The summed E-state index contributed by atoms with van der Waals surface area (Å²) in [6.45, 7) is 5.65. The number of hydrogen-bond acceptors (Lipinski definition) is 4. The molecule has 0 radical (unpaired) electrons. The van der Waals surface area contributed by atoms with Gasteiger partial charge in [-0.2, -0.15) is 0 Å². The van der Waals surface area contributed by atoms with E-state index < -0.39 is 0 Å². The first-order valence-electron chi connectivity index (χ1n) is 7.80. The lowest BCUT2D eigenvalue weighted by atomic mass is 10.1. The zero-order chi connectivity index (χ0) is 15.9. The van der Waals surface area contributed by atoms with Crippen LogP contribution in [0.4, 0.5) is 9.59 Å². The Morgan fingerprint density at radius 3 is 2.27 bits per heavy atom. The highest BCUT2D eigenvalue weighted by molar-refractivity contribution is 5.75. The summed E-state index contributed by atoms with van der Waals surface area (Å²) in [5, 5.41) is 3.01. The topological polar surface area (TPSA) is 82.2 Å². The van der Waals surface area contributed by atoms with E-state index in [1.165, 1.54) is 0 Å². The van der Waals surface area contributed by atoms with Crippen molar-refractivity contribution in [2.24, 2.45) is 0 Å². The van der Waals surface area contributed by atoms with Crippen LogP contribution in [0.5, 0.6) is 0 Å². The molecule has 0 spiro atoms. The van der Waals surface area contributed by atoms with Crippen LogP contribution in [0.2, 0.25) is 0 Å². The normalized spacial score (nSPS) is 19.8. The third-order valence-corrected chi connectivity index (χ3v) is 4.10. The molecule has 0 aromatic heterocycles. The van der Waals surface area contributed by atoms with Crippen LogP contribution in [-0.2, 0) is 9.53 Å². The van der Waals surface area contributed by atoms with Gasteiger partial charge in [-0.05, 0) is 19.8 Å². The number of amides is 4. The molecule has 2 aliphatic heterocycles. The standard InChI is InChI=1S/C14H24N4O4/c1-2-22-14(21)18-5-3-12(4-6-18)15-13(20)17-9-7-16(11-19)8-10-17/h11-12H,2-10H2,1H3,(H,15,20). The number of rotatable bonds is 3. The molecule has 0 atom stereocenters. The van der Waals surface area contributed by atoms with Gasteiger partial charge in [0.15, 0.2) is 0 Å². The quantitative estimate of drug-likeness (QED) is 0.749. The van der Waals surface area contributed by atoms with Gasteiger partial charge in [-0.15, -0.1) is 0 Å². The number of nitrogens with zero attached hydrogens (tertiary/aromatic N) is 3. The Bertz CT molecular complexity index is 402. The minimum Gasteiger partial charge on any atom is -0.450 e. The largest absolute Gasteiger partial charge is 0.450 e. The molecule has 2 fully saturated rings. The lowest BCUT2D eigenvalue weighted by Crippen LogP contribution is -2.54. The van der Waals surface area contributed by atoms with Crippen molar-refractivity contribution in [3.8, 4) is 0 Å². The SMILES string of the molecule is CCOC(=O)N1CCC(NC(=O)N2CCN(C=O)CC2)CC1. The molecule has 4 amide bonds. The average molecular weight is 312 g/mol. The smallest absolute Gasteiger partial charge is 0.409 e. The van der Waals surface area contributed by atoms with Crippen molar-refractivity contribution in [1.29, 1.82) is 0 Å². The van der Waals surface area contributed by atoms with E-state index in [4.69, 9.17) is 4.74 Å². The molecule has 0 aliphatic carbocycles. The minimum absolute atomic E-state index is 0.0832. The van der Waals surface area contributed by atoms with Crippen molar-refractivity contribution in [2.75, 3.05) is 45.9 Å². The predicted molar refractivity (Wildman–Crippen MR) is 79.4 cm³/mol. The average Bonchev–Trinajstić information content (AvgIpc) is 2.55. The van der Waals surface area contributed by atoms with Crippen LogP contribution in [0.3, 0.4) is 0 Å². The maximum absolute atomic E-state index is 12.2. The minimum atomic E-state index is -0.280. The van der Waals surface area contributed by atoms with E-state index in [1.807, 2.05) is 0 Å². The molecule has 0 bridgehead atoms. The van der Waals surface area contributed by atoms with E-state index in [9.17, 15) is 14.4 Å². The van der Waals surface area contributed by atoms with Crippen LogP contribution >= 0.6 is 0 Å². The maximum Gasteiger partial charge on any atom is 0.409 e. The van der Waals surface area contributed by atoms with E-state index in [2.05, 4.69) is 5.32 Å². The van der Waals surface area contributed by atoms with E-state index >= 15 is 0 Å². The summed E-state index contributed by atoms with van der Waals surface area (Å²) in [6, 6.07) is 0.00223. The second kappa shape index (κ2) is 7.86. The number of carbonyl (C=O) groups excluding carboxylic acids is 3. The van der Waals surface area contributed by atoms with Crippen molar-refractivity contribution in [1.82, 2.24) is 20.0 Å². The summed E-state index contributed by atoms with van der Waals surface area (Å²) >= 11 is 0. The van der Waals surface area contributed by atoms with Gasteiger partial charge in [0.1, 0.15) is 0 Å². The van der Waals surface area contributed by atoms with Gasteiger partial charge in [-0.1, -0.05) is 0 Å². The summed E-state index contributed by atoms with van der Waals surface area (Å²) in [7, 11) is 0. The highest BCUT2D eigenvalue weighted by Crippen LogP contribution is 2.12.